The van der Waals surface area contributed by atoms with Crippen molar-refractivity contribution in [3.05, 3.63) is 88.5 Å². The highest BCUT2D eigenvalue weighted by Crippen LogP contribution is 2.42. The Balaban J connectivity index is 2.27. The monoisotopic (exact) mass is 362 g/mol. The summed E-state index contributed by atoms with van der Waals surface area (Å²) >= 11 is 0. The lowest BCUT2D eigenvalue weighted by Gasteiger charge is -2.24. The first-order valence-corrected chi connectivity index (χ1v) is 9.00. The number of hydrogen-bond acceptors (Lipinski definition) is 3. The smallest absolute Gasteiger partial charge is 0.123 e. The zero-order valence-electron chi connectivity index (χ0n) is 16.6. The average Bonchev–Trinajstić information content (AvgIpc) is 2.69. The van der Waals surface area contributed by atoms with Crippen LogP contribution in [0, 0.1) is 13.8 Å². The summed E-state index contributed by atoms with van der Waals surface area (Å²) in [6.07, 6.45) is 0. The molecule has 3 aromatic carbocycles. The van der Waals surface area contributed by atoms with Crippen molar-refractivity contribution >= 4 is 0 Å². The molecular formula is C24H26O3. The Kier molecular flexibility index (Phi) is 5.70. The molecule has 27 heavy (non-hydrogen) atoms. The number of ether oxygens (including phenoxy) is 3. The van der Waals surface area contributed by atoms with E-state index < -0.39 is 0 Å². The molecule has 3 nitrogen and oxygen atoms in total. The molecular weight excluding hydrogens is 336 g/mol. The molecule has 0 unspecified atom stereocenters. The van der Waals surface area contributed by atoms with E-state index in [4.69, 9.17) is 14.2 Å². The van der Waals surface area contributed by atoms with Gasteiger partial charge in [-0.15, -0.1) is 0 Å². The lowest BCUT2D eigenvalue weighted by molar-refractivity contribution is 0.402. The van der Waals surface area contributed by atoms with Gasteiger partial charge in [0.15, 0.2) is 0 Å². The van der Waals surface area contributed by atoms with E-state index in [1.807, 2.05) is 24.3 Å². The van der Waals surface area contributed by atoms with Gasteiger partial charge in [0.1, 0.15) is 17.2 Å². The molecule has 0 spiro atoms. The molecule has 0 heterocycles. The fraction of sp³-hybridized carbons (Fsp3) is 0.250. The van der Waals surface area contributed by atoms with Crippen LogP contribution in [0.3, 0.4) is 0 Å². The third-order valence-electron chi connectivity index (χ3n) is 4.84. The van der Waals surface area contributed by atoms with Gasteiger partial charge in [-0.2, -0.15) is 0 Å². The van der Waals surface area contributed by atoms with Crippen LogP contribution in [-0.2, 0) is 0 Å². The SMILES string of the molecule is COc1ccc(C(c2cc(C)ccc2OC)c2cc(C)ccc2OC)cc1. The lowest BCUT2D eigenvalue weighted by Crippen LogP contribution is -2.08. The molecule has 0 fully saturated rings. The van der Waals surface area contributed by atoms with E-state index in [2.05, 4.69) is 50.2 Å². The second-order valence-corrected chi connectivity index (χ2v) is 6.70. The number of hydrogen-bond donors (Lipinski definition) is 0. The highest BCUT2D eigenvalue weighted by atomic mass is 16.5. The van der Waals surface area contributed by atoms with Gasteiger partial charge < -0.3 is 14.2 Å². The van der Waals surface area contributed by atoms with Gasteiger partial charge in [-0.3, -0.25) is 0 Å². The molecule has 0 aliphatic heterocycles. The first-order chi connectivity index (χ1) is 13.1. The zero-order chi connectivity index (χ0) is 19.4. The maximum absolute atomic E-state index is 5.71. The molecule has 0 aromatic heterocycles. The maximum Gasteiger partial charge on any atom is 0.123 e. The normalized spacial score (nSPS) is 10.7. The van der Waals surface area contributed by atoms with Crippen molar-refractivity contribution in [1.29, 1.82) is 0 Å². The standard InChI is InChI=1S/C24H26O3/c1-16-6-12-22(26-4)20(14-16)24(18-8-10-19(25-3)11-9-18)21-15-17(2)7-13-23(21)27-5/h6-15,24H,1-5H3. The van der Waals surface area contributed by atoms with Crippen molar-refractivity contribution in [2.45, 2.75) is 19.8 Å². The van der Waals surface area contributed by atoms with E-state index in [0.29, 0.717) is 0 Å². The summed E-state index contributed by atoms with van der Waals surface area (Å²) in [5.74, 6) is 2.56. The summed E-state index contributed by atoms with van der Waals surface area (Å²) in [6.45, 7) is 4.20. The van der Waals surface area contributed by atoms with Crippen molar-refractivity contribution in [3.63, 3.8) is 0 Å². The number of rotatable bonds is 6. The average molecular weight is 362 g/mol. The van der Waals surface area contributed by atoms with Gasteiger partial charge in [0, 0.05) is 17.0 Å². The van der Waals surface area contributed by atoms with Gasteiger partial charge >= 0.3 is 0 Å². The molecule has 140 valence electrons. The molecule has 0 atom stereocenters. The first-order valence-electron chi connectivity index (χ1n) is 9.00. The second kappa shape index (κ2) is 8.17. The Bertz CT molecular complexity index is 860. The Hall–Kier alpha value is -2.94. The van der Waals surface area contributed by atoms with E-state index in [9.17, 15) is 0 Å². The molecule has 0 radical (unpaired) electrons. The second-order valence-electron chi connectivity index (χ2n) is 6.70. The van der Waals surface area contributed by atoms with Gasteiger partial charge in [0.05, 0.1) is 21.3 Å². The molecule has 0 amide bonds. The van der Waals surface area contributed by atoms with Crippen LogP contribution in [0.15, 0.2) is 60.7 Å². The van der Waals surface area contributed by atoms with Crippen LogP contribution >= 0.6 is 0 Å². The minimum absolute atomic E-state index is 0.0133. The van der Waals surface area contributed by atoms with Gasteiger partial charge in [-0.25, -0.2) is 0 Å². The molecule has 0 saturated heterocycles. The number of methoxy groups -OCH3 is 3. The van der Waals surface area contributed by atoms with Gasteiger partial charge in [0.2, 0.25) is 0 Å². The summed E-state index contributed by atoms with van der Waals surface area (Å²) in [5, 5.41) is 0. The summed E-state index contributed by atoms with van der Waals surface area (Å²) in [6, 6.07) is 20.8. The van der Waals surface area contributed by atoms with Crippen LogP contribution in [0.1, 0.15) is 33.7 Å². The van der Waals surface area contributed by atoms with Crippen LogP contribution in [0.25, 0.3) is 0 Å². The van der Waals surface area contributed by atoms with E-state index >= 15 is 0 Å². The van der Waals surface area contributed by atoms with Gasteiger partial charge in [0.25, 0.3) is 0 Å². The molecule has 0 aliphatic rings. The van der Waals surface area contributed by atoms with E-state index in [-0.39, 0.29) is 5.92 Å². The summed E-state index contributed by atoms with van der Waals surface area (Å²) < 4.78 is 16.8. The minimum Gasteiger partial charge on any atom is -0.497 e. The van der Waals surface area contributed by atoms with Crippen molar-refractivity contribution < 1.29 is 14.2 Å². The Morgan fingerprint density at radius 3 is 1.48 bits per heavy atom. The van der Waals surface area contributed by atoms with E-state index in [0.717, 1.165) is 33.9 Å². The lowest BCUT2D eigenvalue weighted by atomic mass is 9.83. The minimum atomic E-state index is -0.0133. The summed E-state index contributed by atoms with van der Waals surface area (Å²) in [4.78, 5) is 0. The zero-order valence-corrected chi connectivity index (χ0v) is 16.6. The van der Waals surface area contributed by atoms with Gasteiger partial charge in [-0.05, 0) is 43.7 Å². The van der Waals surface area contributed by atoms with E-state index in [1.165, 1.54) is 11.1 Å². The molecule has 0 saturated carbocycles. The van der Waals surface area contributed by atoms with Gasteiger partial charge in [-0.1, -0.05) is 47.5 Å². The molecule has 3 rings (SSSR count). The Labute approximate surface area is 161 Å². The van der Waals surface area contributed by atoms with Crippen LogP contribution in [0.4, 0.5) is 0 Å². The summed E-state index contributed by atoms with van der Waals surface area (Å²) in [5.41, 5.74) is 5.77. The maximum atomic E-state index is 5.71. The fourth-order valence-corrected chi connectivity index (χ4v) is 3.48. The molecule has 3 heteroatoms. The first kappa shape index (κ1) is 18.8. The third-order valence-corrected chi connectivity index (χ3v) is 4.84. The number of aryl methyl sites for hydroxylation is 2. The van der Waals surface area contributed by atoms with Crippen molar-refractivity contribution in [3.8, 4) is 17.2 Å². The Morgan fingerprint density at radius 1 is 0.593 bits per heavy atom. The quantitative estimate of drug-likeness (QED) is 0.541. The van der Waals surface area contributed by atoms with E-state index in [1.54, 1.807) is 21.3 Å². The Morgan fingerprint density at radius 2 is 1.07 bits per heavy atom. The highest BCUT2D eigenvalue weighted by Gasteiger charge is 2.24. The molecule has 0 bridgehead atoms. The van der Waals surface area contributed by atoms with Crippen LogP contribution < -0.4 is 14.2 Å². The fourth-order valence-electron chi connectivity index (χ4n) is 3.48. The largest absolute Gasteiger partial charge is 0.497 e. The van der Waals surface area contributed by atoms with Crippen molar-refractivity contribution in [2.24, 2.45) is 0 Å². The van der Waals surface area contributed by atoms with Crippen molar-refractivity contribution in [1.82, 2.24) is 0 Å². The van der Waals surface area contributed by atoms with Crippen LogP contribution in [0.5, 0.6) is 17.2 Å². The predicted octanol–water partition coefficient (Wildman–Crippen LogP) is 5.51. The molecule has 0 aliphatic carbocycles. The third kappa shape index (κ3) is 3.92. The van der Waals surface area contributed by atoms with Crippen LogP contribution in [-0.4, -0.2) is 21.3 Å². The summed E-state index contributed by atoms with van der Waals surface area (Å²) in [7, 11) is 5.11. The topological polar surface area (TPSA) is 27.7 Å². The predicted molar refractivity (Wildman–Crippen MR) is 109 cm³/mol. The molecule has 0 N–H and O–H groups in total. The van der Waals surface area contributed by atoms with Crippen molar-refractivity contribution in [2.75, 3.05) is 21.3 Å². The molecule has 3 aromatic rings. The van der Waals surface area contributed by atoms with Crippen LogP contribution in [0.2, 0.25) is 0 Å². The highest BCUT2D eigenvalue weighted by molar-refractivity contribution is 5.55. The number of benzene rings is 3.